The number of amides is 2. The molecule has 1 rings (SSSR count). The molecule has 0 aromatic heterocycles. The molecule has 0 saturated heterocycles. The number of hydrogen-bond acceptors (Lipinski definition) is 3. The van der Waals surface area contributed by atoms with Crippen molar-refractivity contribution in [3.05, 3.63) is 0 Å². The van der Waals surface area contributed by atoms with Crippen LogP contribution in [-0.2, 0) is 9.53 Å². The maximum Gasteiger partial charge on any atom is 0.323 e. The number of aliphatic carboxylic acids is 1. The van der Waals surface area contributed by atoms with Crippen molar-refractivity contribution in [3.8, 4) is 0 Å². The molecule has 1 unspecified atom stereocenters. The molecular weight excluding hydrogens is 236 g/mol. The summed E-state index contributed by atoms with van der Waals surface area (Å²) >= 11 is 0. The first-order valence-electron chi connectivity index (χ1n) is 6.10. The van der Waals surface area contributed by atoms with E-state index in [4.69, 9.17) is 9.84 Å². The lowest BCUT2D eigenvalue weighted by Crippen LogP contribution is -2.45. The number of methoxy groups -OCH3 is 1. The summed E-state index contributed by atoms with van der Waals surface area (Å²) in [5, 5.41) is 11.5. The van der Waals surface area contributed by atoms with Gasteiger partial charge in [0.15, 0.2) is 0 Å². The Morgan fingerprint density at radius 3 is 2.56 bits per heavy atom. The van der Waals surface area contributed by atoms with Crippen molar-refractivity contribution in [3.63, 3.8) is 0 Å². The lowest BCUT2D eigenvalue weighted by molar-refractivity contribution is -0.137. The average molecular weight is 258 g/mol. The van der Waals surface area contributed by atoms with Crippen molar-refractivity contribution < 1.29 is 19.4 Å². The van der Waals surface area contributed by atoms with Crippen LogP contribution in [0, 0.1) is 11.3 Å². The SMILES string of the molecule is COCCN(CC(=O)O)C(=O)NCC1CC1(C)C. The number of urea groups is 1. The first kappa shape index (κ1) is 14.8. The van der Waals surface area contributed by atoms with Gasteiger partial charge in [-0.25, -0.2) is 4.79 Å². The number of carbonyl (C=O) groups is 2. The summed E-state index contributed by atoms with van der Waals surface area (Å²) in [7, 11) is 1.52. The largest absolute Gasteiger partial charge is 0.480 e. The van der Waals surface area contributed by atoms with Gasteiger partial charge in [0.2, 0.25) is 0 Å². The molecule has 6 heteroatoms. The molecule has 1 atom stereocenters. The molecule has 0 aromatic rings. The summed E-state index contributed by atoms with van der Waals surface area (Å²) in [4.78, 5) is 23.7. The molecule has 2 amide bonds. The van der Waals surface area contributed by atoms with Crippen LogP contribution < -0.4 is 5.32 Å². The summed E-state index contributed by atoms with van der Waals surface area (Å²) in [6, 6.07) is -0.336. The Kier molecular flexibility index (Phi) is 4.95. The fourth-order valence-electron chi connectivity index (χ4n) is 1.86. The third kappa shape index (κ3) is 4.52. The van der Waals surface area contributed by atoms with Gasteiger partial charge in [-0.3, -0.25) is 4.79 Å². The molecule has 0 bridgehead atoms. The van der Waals surface area contributed by atoms with Crippen molar-refractivity contribution >= 4 is 12.0 Å². The Hall–Kier alpha value is -1.30. The normalized spacial score (nSPS) is 20.3. The number of carboxylic acid groups (broad SMARTS) is 1. The quantitative estimate of drug-likeness (QED) is 0.707. The molecule has 1 aliphatic carbocycles. The van der Waals surface area contributed by atoms with Crippen LogP contribution in [0.3, 0.4) is 0 Å². The van der Waals surface area contributed by atoms with E-state index in [9.17, 15) is 9.59 Å². The van der Waals surface area contributed by atoms with E-state index in [0.29, 0.717) is 24.5 Å². The van der Waals surface area contributed by atoms with Crippen molar-refractivity contribution in [1.29, 1.82) is 0 Å². The molecule has 1 aliphatic rings. The molecule has 0 aliphatic heterocycles. The minimum Gasteiger partial charge on any atom is -0.480 e. The molecule has 104 valence electrons. The number of carbonyl (C=O) groups excluding carboxylic acids is 1. The third-order valence-corrected chi connectivity index (χ3v) is 3.40. The van der Waals surface area contributed by atoms with Gasteiger partial charge in [0.05, 0.1) is 6.61 Å². The molecule has 0 aromatic carbocycles. The first-order valence-corrected chi connectivity index (χ1v) is 6.10. The van der Waals surface area contributed by atoms with E-state index >= 15 is 0 Å². The Morgan fingerprint density at radius 2 is 2.11 bits per heavy atom. The van der Waals surface area contributed by atoms with Crippen LogP contribution in [0.5, 0.6) is 0 Å². The van der Waals surface area contributed by atoms with E-state index in [-0.39, 0.29) is 19.1 Å². The van der Waals surface area contributed by atoms with Gasteiger partial charge in [0, 0.05) is 20.2 Å². The molecule has 1 fully saturated rings. The molecule has 1 saturated carbocycles. The third-order valence-electron chi connectivity index (χ3n) is 3.40. The number of rotatable bonds is 7. The van der Waals surface area contributed by atoms with Crippen molar-refractivity contribution in [2.24, 2.45) is 11.3 Å². The first-order chi connectivity index (χ1) is 8.36. The molecule has 0 heterocycles. The van der Waals surface area contributed by atoms with E-state index in [1.54, 1.807) is 0 Å². The number of nitrogens with one attached hydrogen (secondary N) is 1. The minimum absolute atomic E-state index is 0.280. The Bertz CT molecular complexity index is 317. The molecule has 6 nitrogen and oxygen atoms in total. The maximum absolute atomic E-state index is 11.8. The second-order valence-corrected chi connectivity index (χ2v) is 5.38. The molecule has 0 spiro atoms. The molecular formula is C12H22N2O4. The fourth-order valence-corrected chi connectivity index (χ4v) is 1.86. The summed E-state index contributed by atoms with van der Waals surface area (Å²) < 4.78 is 4.86. The van der Waals surface area contributed by atoms with Crippen LogP contribution in [0.4, 0.5) is 4.79 Å². The van der Waals surface area contributed by atoms with E-state index in [2.05, 4.69) is 19.2 Å². The summed E-state index contributed by atoms with van der Waals surface area (Å²) in [6.45, 7) is 5.23. The predicted octanol–water partition coefficient (Wildman–Crippen LogP) is 0.775. The average Bonchev–Trinajstić information content (AvgIpc) is 2.88. The number of ether oxygens (including phenoxy) is 1. The van der Waals surface area contributed by atoms with Crippen LogP contribution in [0.15, 0.2) is 0 Å². The monoisotopic (exact) mass is 258 g/mol. The Morgan fingerprint density at radius 1 is 1.50 bits per heavy atom. The minimum atomic E-state index is -1.02. The zero-order valence-electron chi connectivity index (χ0n) is 11.2. The van der Waals surface area contributed by atoms with Gasteiger partial charge in [-0.05, 0) is 17.8 Å². The molecule has 0 radical (unpaired) electrons. The summed E-state index contributed by atoms with van der Waals surface area (Å²) in [6.07, 6.45) is 1.10. The maximum atomic E-state index is 11.8. The van der Waals surface area contributed by atoms with Gasteiger partial charge in [-0.15, -0.1) is 0 Å². The van der Waals surface area contributed by atoms with Gasteiger partial charge < -0.3 is 20.1 Å². The second kappa shape index (κ2) is 6.04. The highest BCUT2D eigenvalue weighted by atomic mass is 16.5. The van der Waals surface area contributed by atoms with Crippen molar-refractivity contribution in [2.75, 3.05) is 33.4 Å². The number of hydrogen-bond donors (Lipinski definition) is 2. The number of nitrogens with zero attached hydrogens (tertiary/aromatic N) is 1. The van der Waals surface area contributed by atoms with Gasteiger partial charge in [0.25, 0.3) is 0 Å². The highest BCUT2D eigenvalue weighted by Gasteiger charge is 2.45. The number of carboxylic acids is 1. The van der Waals surface area contributed by atoms with Crippen LogP contribution in [0.2, 0.25) is 0 Å². The van der Waals surface area contributed by atoms with Gasteiger partial charge >= 0.3 is 12.0 Å². The second-order valence-electron chi connectivity index (χ2n) is 5.38. The van der Waals surface area contributed by atoms with Gasteiger partial charge in [0.1, 0.15) is 6.54 Å². The van der Waals surface area contributed by atoms with Crippen LogP contribution in [0.1, 0.15) is 20.3 Å². The smallest absolute Gasteiger partial charge is 0.323 e. The lowest BCUT2D eigenvalue weighted by atomic mass is 10.1. The standard InChI is InChI=1S/C12H22N2O4/c1-12(2)6-9(12)7-13-11(17)14(4-5-18-3)8-10(15)16/h9H,4-8H2,1-3H3,(H,13,17)(H,15,16). The molecule has 2 N–H and O–H groups in total. The van der Waals surface area contributed by atoms with E-state index in [0.717, 1.165) is 6.42 Å². The van der Waals surface area contributed by atoms with Crippen molar-refractivity contribution in [2.45, 2.75) is 20.3 Å². The topological polar surface area (TPSA) is 78.9 Å². The lowest BCUT2D eigenvalue weighted by Gasteiger charge is -2.21. The zero-order valence-corrected chi connectivity index (χ0v) is 11.2. The van der Waals surface area contributed by atoms with Crippen LogP contribution >= 0.6 is 0 Å². The summed E-state index contributed by atoms with van der Waals surface area (Å²) in [5.41, 5.74) is 0.303. The highest BCUT2D eigenvalue weighted by Crippen LogP contribution is 2.50. The predicted molar refractivity (Wildman–Crippen MR) is 66.4 cm³/mol. The van der Waals surface area contributed by atoms with E-state index in [1.165, 1.54) is 12.0 Å². The zero-order chi connectivity index (χ0) is 13.8. The van der Waals surface area contributed by atoms with E-state index in [1.807, 2.05) is 0 Å². The molecule has 18 heavy (non-hydrogen) atoms. The van der Waals surface area contributed by atoms with Crippen LogP contribution in [-0.4, -0.2) is 55.4 Å². The fraction of sp³-hybridized carbons (Fsp3) is 0.833. The highest BCUT2D eigenvalue weighted by molar-refractivity contribution is 5.80. The van der Waals surface area contributed by atoms with E-state index < -0.39 is 5.97 Å². The summed E-state index contributed by atoms with van der Waals surface area (Å²) in [5.74, 6) is -0.524. The van der Waals surface area contributed by atoms with Gasteiger partial charge in [-0.1, -0.05) is 13.8 Å². The van der Waals surface area contributed by atoms with Crippen LogP contribution in [0.25, 0.3) is 0 Å². The Labute approximate surface area is 107 Å². The Balaban J connectivity index is 2.35. The van der Waals surface area contributed by atoms with Crippen molar-refractivity contribution in [1.82, 2.24) is 10.2 Å². The van der Waals surface area contributed by atoms with Gasteiger partial charge in [-0.2, -0.15) is 0 Å².